The lowest BCUT2D eigenvalue weighted by Gasteiger charge is -2.30. The third-order valence-corrected chi connectivity index (χ3v) is 5.68. The van der Waals surface area contributed by atoms with E-state index in [0.29, 0.717) is 16.1 Å². The number of nitriles is 1. The zero-order chi connectivity index (χ0) is 23.0. The molecule has 1 aromatic heterocycles. The number of hydrogen-bond donors (Lipinski definition) is 2. The quantitative estimate of drug-likeness (QED) is 0.436. The second-order valence-electron chi connectivity index (χ2n) is 6.65. The third-order valence-electron chi connectivity index (χ3n) is 4.78. The van der Waals surface area contributed by atoms with Crippen molar-refractivity contribution in [2.75, 3.05) is 13.6 Å². The van der Waals surface area contributed by atoms with Crippen molar-refractivity contribution in [3.05, 3.63) is 82.2 Å². The number of aromatic nitrogens is 1. The summed E-state index contributed by atoms with van der Waals surface area (Å²) in [5, 5.41) is 11.4. The van der Waals surface area contributed by atoms with Crippen molar-refractivity contribution in [1.82, 2.24) is 4.98 Å². The summed E-state index contributed by atoms with van der Waals surface area (Å²) in [7, 11) is 1.50. The Bertz CT molecular complexity index is 1120. The second kappa shape index (κ2) is 10.6. The van der Waals surface area contributed by atoms with E-state index < -0.39 is 17.0 Å². The van der Waals surface area contributed by atoms with Gasteiger partial charge in [-0.2, -0.15) is 5.26 Å². The first kappa shape index (κ1) is 23.9. The fraction of sp³-hybridized carbons (Fsp3) is 0.174. The number of hydrogen-bond acceptors (Lipinski definition) is 5. The molecule has 0 aliphatic carbocycles. The molecule has 160 valence electrons. The van der Waals surface area contributed by atoms with Crippen LogP contribution in [0.25, 0.3) is 16.8 Å². The van der Waals surface area contributed by atoms with E-state index in [4.69, 9.17) is 11.0 Å². The second-order valence-corrected chi connectivity index (χ2v) is 7.51. The number of nitrogens with two attached hydrogens (primary N) is 2. The van der Waals surface area contributed by atoms with Crippen molar-refractivity contribution in [2.45, 2.75) is 12.3 Å². The molecule has 0 aliphatic rings. The normalized spacial score (nSPS) is 12.5. The summed E-state index contributed by atoms with van der Waals surface area (Å²) in [6.45, 7) is 6.07. The molecular formula is C23H23F2N5S. The Kier molecular flexibility index (Phi) is 8.14. The summed E-state index contributed by atoms with van der Waals surface area (Å²) in [6, 6.07) is 12.6. The smallest absolute Gasteiger partial charge is 0.130 e. The van der Waals surface area contributed by atoms with Gasteiger partial charge in [0.1, 0.15) is 16.6 Å². The Hall–Kier alpha value is -3.41. The zero-order valence-electron chi connectivity index (χ0n) is 17.3. The standard InChI is InChI=1S/C22H18F2N4S.CH5N/c1-14(21-28-20(11-29-21)16-5-3-15(10-25)4-6-16)22(2,12-27-13-26)18-8-7-17(23)9-19(18)24;1-2/h3-9,11,13H,1,12H2,2H3,(H2,26,27);2H2,1H3/t22-;/m0./s1. The molecule has 8 heteroatoms. The van der Waals surface area contributed by atoms with E-state index in [1.165, 1.54) is 30.5 Å². The number of halogens is 2. The van der Waals surface area contributed by atoms with E-state index in [-0.39, 0.29) is 12.1 Å². The van der Waals surface area contributed by atoms with Crippen molar-refractivity contribution in [3.8, 4) is 17.3 Å². The maximum Gasteiger partial charge on any atom is 0.130 e. The summed E-state index contributed by atoms with van der Waals surface area (Å²) in [5.74, 6) is -1.33. The van der Waals surface area contributed by atoms with Gasteiger partial charge in [-0.1, -0.05) is 24.8 Å². The highest BCUT2D eigenvalue weighted by molar-refractivity contribution is 7.11. The first-order chi connectivity index (χ1) is 14.9. The van der Waals surface area contributed by atoms with Crippen molar-refractivity contribution in [1.29, 1.82) is 5.26 Å². The summed E-state index contributed by atoms with van der Waals surface area (Å²) in [6.07, 6.45) is 1.15. The Morgan fingerprint density at radius 1 is 1.26 bits per heavy atom. The van der Waals surface area contributed by atoms with Crippen LogP contribution in [-0.4, -0.2) is 24.9 Å². The van der Waals surface area contributed by atoms with Gasteiger partial charge in [-0.05, 0) is 37.7 Å². The molecule has 0 bridgehead atoms. The molecule has 0 saturated carbocycles. The van der Waals surface area contributed by atoms with Gasteiger partial charge in [-0.15, -0.1) is 11.3 Å². The highest BCUT2D eigenvalue weighted by atomic mass is 32.1. The molecule has 0 fully saturated rings. The van der Waals surface area contributed by atoms with Gasteiger partial charge in [0.25, 0.3) is 0 Å². The summed E-state index contributed by atoms with van der Waals surface area (Å²) < 4.78 is 28.0. The lowest BCUT2D eigenvalue weighted by atomic mass is 9.76. The number of benzene rings is 2. The van der Waals surface area contributed by atoms with E-state index in [1.54, 1.807) is 19.1 Å². The van der Waals surface area contributed by atoms with Crippen LogP contribution >= 0.6 is 11.3 Å². The molecular weight excluding hydrogens is 416 g/mol. The van der Waals surface area contributed by atoms with Crippen molar-refractivity contribution < 1.29 is 8.78 Å². The van der Waals surface area contributed by atoms with Gasteiger partial charge >= 0.3 is 0 Å². The Morgan fingerprint density at radius 3 is 2.52 bits per heavy atom. The van der Waals surface area contributed by atoms with Gasteiger partial charge in [0, 0.05) is 28.0 Å². The first-order valence-electron chi connectivity index (χ1n) is 9.28. The fourth-order valence-corrected chi connectivity index (χ4v) is 3.94. The molecule has 0 unspecified atom stereocenters. The van der Waals surface area contributed by atoms with Crippen LogP contribution in [-0.2, 0) is 5.41 Å². The maximum absolute atomic E-state index is 14.6. The highest BCUT2D eigenvalue weighted by Gasteiger charge is 2.35. The van der Waals surface area contributed by atoms with Crippen molar-refractivity contribution in [3.63, 3.8) is 0 Å². The van der Waals surface area contributed by atoms with Crippen LogP contribution in [0.3, 0.4) is 0 Å². The number of thiazole rings is 1. The lowest BCUT2D eigenvalue weighted by Crippen LogP contribution is -2.29. The van der Waals surface area contributed by atoms with Gasteiger partial charge < -0.3 is 11.5 Å². The molecule has 0 amide bonds. The van der Waals surface area contributed by atoms with Crippen LogP contribution in [0, 0.1) is 23.0 Å². The monoisotopic (exact) mass is 439 g/mol. The Balaban J connectivity index is 0.00000166. The Labute approximate surface area is 184 Å². The van der Waals surface area contributed by atoms with Crippen LogP contribution in [0.5, 0.6) is 0 Å². The molecule has 0 radical (unpaired) electrons. The van der Waals surface area contributed by atoms with Gasteiger partial charge in [0.15, 0.2) is 0 Å². The molecule has 3 aromatic rings. The van der Waals surface area contributed by atoms with Gasteiger partial charge in [-0.3, -0.25) is 4.99 Å². The van der Waals surface area contributed by atoms with Crippen LogP contribution in [0.1, 0.15) is 23.1 Å². The number of nitrogens with zero attached hydrogens (tertiary/aromatic N) is 3. The van der Waals surface area contributed by atoms with Crippen LogP contribution in [0.2, 0.25) is 0 Å². The molecule has 2 aromatic carbocycles. The average molecular weight is 440 g/mol. The van der Waals surface area contributed by atoms with Crippen LogP contribution in [0.4, 0.5) is 8.78 Å². The Morgan fingerprint density at radius 2 is 1.94 bits per heavy atom. The summed E-state index contributed by atoms with van der Waals surface area (Å²) in [4.78, 5) is 8.73. The van der Waals surface area contributed by atoms with Crippen molar-refractivity contribution in [2.24, 2.45) is 16.5 Å². The summed E-state index contributed by atoms with van der Waals surface area (Å²) in [5.41, 5.74) is 11.9. The number of aliphatic imine (C=N–C) groups is 1. The van der Waals surface area contributed by atoms with Crippen LogP contribution < -0.4 is 11.5 Å². The van der Waals surface area contributed by atoms with E-state index >= 15 is 0 Å². The van der Waals surface area contributed by atoms with Crippen LogP contribution in [0.15, 0.2) is 59.4 Å². The summed E-state index contributed by atoms with van der Waals surface area (Å²) >= 11 is 1.37. The molecule has 0 saturated heterocycles. The fourth-order valence-electron chi connectivity index (χ4n) is 3.01. The maximum atomic E-state index is 14.6. The zero-order valence-corrected chi connectivity index (χ0v) is 18.1. The predicted molar refractivity (Wildman–Crippen MR) is 123 cm³/mol. The van der Waals surface area contributed by atoms with Crippen molar-refractivity contribution >= 4 is 23.2 Å². The molecule has 4 N–H and O–H groups in total. The SMILES string of the molecule is C=C(c1nc(-c2ccc(C#N)cc2)cs1)[C@](C)(CN=CN)c1ccc(F)cc1F.CN. The molecule has 5 nitrogen and oxygen atoms in total. The minimum Gasteiger partial charge on any atom is -0.390 e. The molecule has 3 rings (SSSR count). The van der Waals surface area contributed by atoms with E-state index in [9.17, 15) is 8.78 Å². The molecule has 1 heterocycles. The number of rotatable bonds is 6. The molecule has 0 spiro atoms. The van der Waals surface area contributed by atoms with E-state index in [0.717, 1.165) is 23.7 Å². The first-order valence-corrected chi connectivity index (χ1v) is 10.2. The van der Waals surface area contributed by atoms with E-state index in [2.05, 4.69) is 28.4 Å². The highest BCUT2D eigenvalue weighted by Crippen LogP contribution is 2.40. The van der Waals surface area contributed by atoms with E-state index in [1.807, 2.05) is 17.5 Å². The van der Waals surface area contributed by atoms with Gasteiger partial charge in [-0.25, -0.2) is 13.8 Å². The topological polar surface area (TPSA) is 101 Å². The third kappa shape index (κ3) is 5.20. The molecule has 1 atom stereocenters. The predicted octanol–water partition coefficient (Wildman–Crippen LogP) is 4.49. The average Bonchev–Trinajstić information content (AvgIpc) is 3.28. The van der Waals surface area contributed by atoms with Gasteiger partial charge in [0.05, 0.1) is 30.2 Å². The molecule has 31 heavy (non-hydrogen) atoms. The minimum atomic E-state index is -0.965. The molecule has 0 aliphatic heterocycles. The minimum absolute atomic E-state index is 0.136. The van der Waals surface area contributed by atoms with Gasteiger partial charge in [0.2, 0.25) is 0 Å². The lowest BCUT2D eigenvalue weighted by molar-refractivity contribution is 0.530. The largest absolute Gasteiger partial charge is 0.390 e.